The molecule has 0 radical (unpaired) electrons. The Balaban J connectivity index is 0.891. The first kappa shape index (κ1) is 46.5. The fourth-order valence-corrected chi connectivity index (χ4v) is 12.1. The first-order chi connectivity index (χ1) is 36.5. The Morgan fingerprint density at radius 2 is 1.55 bits per heavy atom. The van der Waals surface area contributed by atoms with Crippen LogP contribution < -0.4 is 25.6 Å². The van der Waals surface area contributed by atoms with E-state index < -0.39 is 0 Å². The van der Waals surface area contributed by atoms with E-state index in [-0.39, 0.29) is 6.04 Å². The average molecular weight is 959 g/mol. The number of terminal acetylenes is 1. The first-order valence-corrected chi connectivity index (χ1v) is 26.6. The summed E-state index contributed by atoms with van der Waals surface area (Å²) in [6.07, 6.45) is 45.5. The zero-order valence-electron chi connectivity index (χ0n) is 42.4. The van der Waals surface area contributed by atoms with Crippen LogP contribution >= 0.6 is 0 Å². The van der Waals surface area contributed by atoms with E-state index in [4.69, 9.17) is 6.42 Å². The SMILES string of the molecule is C#C/C=C\C=C(/C)Nc1ccccc1-c1cccc(N(C2=CC=CC3C=CCCC23)C2C=CC(c3ccc(N(C4=c5ccccc5=CCC4C)c4ccc5c(c4)c4ccccc4n5C4=CC=CCC4)cc3)=CC2)c1. The van der Waals surface area contributed by atoms with Crippen LogP contribution in [0.5, 0.6) is 0 Å². The highest BCUT2D eigenvalue weighted by Gasteiger charge is 2.33. The lowest BCUT2D eigenvalue weighted by Gasteiger charge is -2.42. The van der Waals surface area contributed by atoms with Crippen molar-refractivity contribution in [2.45, 2.75) is 58.4 Å². The lowest BCUT2D eigenvalue weighted by molar-refractivity contribution is 0.446. The van der Waals surface area contributed by atoms with Crippen LogP contribution in [0.1, 0.15) is 57.9 Å². The number of nitrogens with zero attached hydrogens (tertiary/aromatic N) is 3. The number of hydrogen-bond donors (Lipinski definition) is 1. The Bertz CT molecular complexity index is 3780. The molecule has 1 N–H and O–H groups in total. The Morgan fingerprint density at radius 1 is 0.716 bits per heavy atom. The van der Waals surface area contributed by atoms with Crippen LogP contribution in [0.25, 0.3) is 56.0 Å². The molecule has 4 heteroatoms. The second kappa shape index (κ2) is 20.5. The largest absolute Gasteiger partial charge is 0.359 e. The van der Waals surface area contributed by atoms with Crippen LogP contribution in [0.4, 0.5) is 22.7 Å². The Hall–Kier alpha value is -8.52. The normalized spacial score (nSPS) is 20.1. The number of hydrogen-bond acceptors (Lipinski definition) is 3. The van der Waals surface area contributed by atoms with Crippen molar-refractivity contribution in [3.05, 3.63) is 252 Å². The first-order valence-electron chi connectivity index (χ1n) is 26.6. The standard InChI is InChI=1S/C70H62N4/c1-4-5-7-20-50(3)71-66-32-16-14-28-61(66)55-24-18-27-59(47-55)72(67-34-19-23-53-21-10-12-29-62(53)67)57-41-37-51(38-42-57)52-39-43-58(44-40-52)73(70-49(2)35-36-54-22-11-13-30-63(54)70)60-45-46-69-65(48-60)64-31-15-17-33-68(64)74(69)56-25-8-6-9-26-56/h1,5-8,10-11,13-25,27-28,30-34,36-41,43-49,53,57,62,71H,9,12,26,29,35,42H2,2-3H3/b7-5-,50-20+. The molecule has 0 amide bonds. The maximum absolute atomic E-state index is 5.48. The van der Waals surface area contributed by atoms with Crippen LogP contribution in [0, 0.1) is 30.1 Å². The van der Waals surface area contributed by atoms with E-state index in [0.717, 1.165) is 61.2 Å². The molecule has 4 unspecified atom stereocenters. The van der Waals surface area contributed by atoms with Crippen LogP contribution in [-0.2, 0) is 0 Å². The predicted octanol–water partition coefficient (Wildman–Crippen LogP) is 16.2. The van der Waals surface area contributed by atoms with Gasteiger partial charge in [-0.1, -0.05) is 165 Å². The molecule has 74 heavy (non-hydrogen) atoms. The minimum absolute atomic E-state index is 0.141. The van der Waals surface area contributed by atoms with Crippen molar-refractivity contribution < 1.29 is 0 Å². The highest BCUT2D eigenvalue weighted by atomic mass is 15.2. The van der Waals surface area contributed by atoms with E-state index >= 15 is 0 Å². The topological polar surface area (TPSA) is 23.4 Å². The quantitative estimate of drug-likeness (QED) is 0.0750. The monoisotopic (exact) mass is 958 g/mol. The van der Waals surface area contributed by atoms with Crippen LogP contribution in [0.15, 0.2) is 236 Å². The highest BCUT2D eigenvalue weighted by molar-refractivity contribution is 6.11. The number of nitrogens with one attached hydrogen (secondary N) is 1. The van der Waals surface area contributed by atoms with Gasteiger partial charge in [-0.3, -0.25) is 0 Å². The van der Waals surface area contributed by atoms with Gasteiger partial charge >= 0.3 is 0 Å². The number of para-hydroxylation sites is 2. The molecular weight excluding hydrogens is 897 g/mol. The minimum Gasteiger partial charge on any atom is -0.359 e. The minimum atomic E-state index is 0.141. The molecule has 4 atom stereocenters. The Morgan fingerprint density at radius 3 is 2.42 bits per heavy atom. The smallest absolute Gasteiger partial charge is 0.0557 e. The van der Waals surface area contributed by atoms with Gasteiger partial charge in [-0.25, -0.2) is 0 Å². The van der Waals surface area contributed by atoms with E-state index in [0.29, 0.717) is 17.8 Å². The number of rotatable bonds is 12. The van der Waals surface area contributed by atoms with Gasteiger partial charge in [-0.2, -0.15) is 0 Å². The van der Waals surface area contributed by atoms with Gasteiger partial charge in [-0.05, 0) is 146 Å². The molecule has 0 aliphatic heterocycles. The summed E-state index contributed by atoms with van der Waals surface area (Å²) in [7, 11) is 0. The molecule has 12 rings (SSSR count). The van der Waals surface area contributed by atoms with E-state index in [1.165, 1.54) is 77.4 Å². The van der Waals surface area contributed by atoms with Gasteiger partial charge in [-0.15, -0.1) is 6.42 Å². The fraction of sp³-hybridized carbons (Fsp3) is 0.171. The zero-order valence-corrected chi connectivity index (χ0v) is 42.4. The summed E-state index contributed by atoms with van der Waals surface area (Å²) in [6, 6.07) is 52.2. The summed E-state index contributed by atoms with van der Waals surface area (Å²) < 4.78 is 2.48. The second-order valence-electron chi connectivity index (χ2n) is 20.3. The maximum atomic E-state index is 5.48. The molecule has 5 aliphatic rings. The fourth-order valence-electron chi connectivity index (χ4n) is 12.1. The third-order valence-electron chi connectivity index (χ3n) is 15.7. The van der Waals surface area contributed by atoms with Crippen molar-refractivity contribution in [3.63, 3.8) is 0 Å². The second-order valence-corrected chi connectivity index (χ2v) is 20.3. The predicted molar refractivity (Wildman–Crippen MR) is 316 cm³/mol. The highest BCUT2D eigenvalue weighted by Crippen LogP contribution is 2.44. The van der Waals surface area contributed by atoms with Gasteiger partial charge < -0.3 is 19.7 Å². The number of allylic oxidation sites excluding steroid dienone is 16. The van der Waals surface area contributed by atoms with E-state index in [1.807, 2.05) is 12.2 Å². The van der Waals surface area contributed by atoms with E-state index in [9.17, 15) is 0 Å². The molecule has 0 bridgehead atoms. The van der Waals surface area contributed by atoms with Gasteiger partial charge in [0.25, 0.3) is 0 Å². The van der Waals surface area contributed by atoms with Gasteiger partial charge in [0, 0.05) is 84.8 Å². The van der Waals surface area contributed by atoms with Gasteiger partial charge in [0.1, 0.15) is 0 Å². The Kier molecular flexibility index (Phi) is 12.9. The van der Waals surface area contributed by atoms with Crippen LogP contribution in [0.2, 0.25) is 0 Å². The molecule has 1 heterocycles. The van der Waals surface area contributed by atoms with Crippen molar-refractivity contribution >= 4 is 67.6 Å². The Labute approximate surface area is 436 Å². The molecule has 6 aromatic carbocycles. The summed E-state index contributed by atoms with van der Waals surface area (Å²) >= 11 is 0. The molecule has 0 fully saturated rings. The molecule has 5 aliphatic carbocycles. The molecule has 1 aromatic heterocycles. The lowest BCUT2D eigenvalue weighted by Crippen LogP contribution is -2.39. The third-order valence-corrected chi connectivity index (χ3v) is 15.7. The number of aromatic nitrogens is 1. The molecule has 7 aromatic rings. The van der Waals surface area contributed by atoms with Gasteiger partial charge in [0.15, 0.2) is 0 Å². The van der Waals surface area contributed by atoms with E-state index in [1.54, 1.807) is 6.08 Å². The van der Waals surface area contributed by atoms with Crippen molar-refractivity contribution in [1.29, 1.82) is 0 Å². The van der Waals surface area contributed by atoms with Gasteiger partial charge in [0.2, 0.25) is 0 Å². The summed E-state index contributed by atoms with van der Waals surface area (Å²) in [6.45, 7) is 4.45. The summed E-state index contributed by atoms with van der Waals surface area (Å²) in [5, 5.41) is 8.79. The molecule has 362 valence electrons. The summed E-state index contributed by atoms with van der Waals surface area (Å²) in [4.78, 5) is 5.18. The van der Waals surface area contributed by atoms with Crippen molar-refractivity contribution in [2.75, 3.05) is 15.1 Å². The zero-order chi connectivity index (χ0) is 50.0. The van der Waals surface area contributed by atoms with Crippen molar-refractivity contribution in [1.82, 2.24) is 4.57 Å². The summed E-state index contributed by atoms with van der Waals surface area (Å²) in [5.74, 6) is 3.71. The molecule has 0 saturated carbocycles. The van der Waals surface area contributed by atoms with Crippen molar-refractivity contribution in [2.24, 2.45) is 17.8 Å². The molecule has 0 spiro atoms. The summed E-state index contributed by atoms with van der Waals surface area (Å²) in [5.41, 5.74) is 17.0. The van der Waals surface area contributed by atoms with E-state index in [2.05, 4.69) is 252 Å². The maximum Gasteiger partial charge on any atom is 0.0557 e. The van der Waals surface area contributed by atoms with Crippen LogP contribution in [0.3, 0.4) is 0 Å². The number of fused-ring (bicyclic) bond motifs is 5. The van der Waals surface area contributed by atoms with Crippen LogP contribution in [-0.4, -0.2) is 10.6 Å². The number of benzene rings is 6. The molecule has 4 nitrogen and oxygen atoms in total. The average Bonchev–Trinajstić information content (AvgIpc) is 3.80. The molecular formula is C70H62N4. The third kappa shape index (κ3) is 8.94. The number of anilines is 4. The van der Waals surface area contributed by atoms with Crippen molar-refractivity contribution in [3.8, 4) is 23.5 Å². The molecule has 0 saturated heterocycles. The van der Waals surface area contributed by atoms with Gasteiger partial charge in [0.05, 0.1) is 17.1 Å². The lowest BCUT2D eigenvalue weighted by atomic mass is 9.78.